The molecule has 24 nitrogen and oxygen atoms in total. The molecule has 0 unspecified atom stereocenters. The predicted molar refractivity (Wildman–Crippen MR) is 425 cm³/mol. The van der Waals surface area contributed by atoms with Gasteiger partial charge in [0, 0.05) is 128 Å². The fourth-order valence-corrected chi connectivity index (χ4v) is 18.6. The predicted octanol–water partition coefficient (Wildman–Crippen LogP) is 15.6. The number of para-hydroxylation sites is 5. The lowest BCUT2D eigenvalue weighted by atomic mass is 9.86. The maximum absolute atomic E-state index is 5.11. The first-order valence-electron chi connectivity index (χ1n) is 35.8. The first kappa shape index (κ1) is 61.5. The standard InChI is InChI=1S/C23H24N6.2C20H18N6.C19H16N6/c1-13-19-16(28-11-10-24-21(28)26(19)5)12-17-20(13)27(6)22-25-18-14(23(2,3)4)8-7-9-15(18)29(17)22;2*1-11-6-5-7-13-16(11)22-20-24(4)18-12(2)17-14(10-15(18)26(13)20)25-9-8-21-19(25)23(17)3;1-11-16-14(24-9-8-20-18(24)22(16)2)10-15-17(11)23(3)19-21-12-6-4-5-7-13(12)25(15)19/h7-12H,1-6H3;2*5-10H,1-4H3;4-10H,1-3H3. The third kappa shape index (κ3) is 7.65. The summed E-state index contributed by atoms with van der Waals surface area (Å²) in [5, 5.41) is 0. The summed E-state index contributed by atoms with van der Waals surface area (Å²) in [5.74, 6) is 7.74. The van der Waals surface area contributed by atoms with E-state index in [1.165, 1.54) is 127 Å². The summed E-state index contributed by atoms with van der Waals surface area (Å²) in [7, 11) is 16.7. The molecule has 24 heteroatoms. The van der Waals surface area contributed by atoms with Gasteiger partial charge >= 0.3 is 0 Å². The van der Waals surface area contributed by atoms with Gasteiger partial charge in [0.15, 0.2) is 0 Å². The molecular formula is C82H76N24. The highest BCUT2D eigenvalue weighted by Gasteiger charge is 2.28. The summed E-state index contributed by atoms with van der Waals surface area (Å²) in [6.07, 6.45) is 15.5. The number of rotatable bonds is 0. The normalized spacial score (nSPS) is 12.8. The molecule has 0 saturated carbocycles. The van der Waals surface area contributed by atoms with Crippen LogP contribution in [0.1, 0.15) is 59.7 Å². The molecule has 16 heterocycles. The van der Waals surface area contributed by atoms with Crippen molar-refractivity contribution < 1.29 is 0 Å². The van der Waals surface area contributed by atoms with E-state index in [1.54, 1.807) is 0 Å². The van der Waals surface area contributed by atoms with E-state index in [9.17, 15) is 0 Å². The molecule has 16 aromatic heterocycles. The van der Waals surface area contributed by atoms with Crippen molar-refractivity contribution in [2.24, 2.45) is 56.4 Å². The zero-order valence-electron chi connectivity index (χ0n) is 62.2. The summed E-state index contributed by atoms with van der Waals surface area (Å²) in [4.78, 5) is 37.9. The van der Waals surface area contributed by atoms with Crippen molar-refractivity contribution >= 4 is 179 Å². The Kier molecular flexibility index (Phi) is 12.1. The van der Waals surface area contributed by atoms with Gasteiger partial charge in [0.2, 0.25) is 46.2 Å². The lowest BCUT2D eigenvalue weighted by molar-refractivity contribution is 0.595. The van der Waals surface area contributed by atoms with Crippen LogP contribution in [0, 0.1) is 41.5 Å². The SMILES string of the molecule is Cc1c2c(cc3c1n(C)c1nc4c(C(C)(C)C)cccc4n31)n1ccnc1n2C.Cc1c2c(cc3c1n(C)c1nc4ccccc4n31)n1ccnc1n2C.Cc1cccc2c1nc1n(C)c3c(C)c4c(cc3n21)n1ccnc1n4C.Cc1cccc2c1nc1n(C)c3c(C)c4c(cc3n21)n1ccnc1n4C. The van der Waals surface area contributed by atoms with Gasteiger partial charge in [-0.05, 0) is 118 Å². The highest BCUT2D eigenvalue weighted by molar-refractivity contribution is 6.07. The smallest absolute Gasteiger partial charge is 0.215 e. The van der Waals surface area contributed by atoms with Crippen LogP contribution in [0.4, 0.5) is 0 Å². The lowest BCUT2D eigenvalue weighted by Gasteiger charge is -2.19. The van der Waals surface area contributed by atoms with Gasteiger partial charge in [-0.15, -0.1) is 0 Å². The number of fused-ring (bicyclic) bond motifs is 32. The average molecular weight is 1400 g/mol. The Morgan fingerprint density at radius 2 is 0.538 bits per heavy atom. The summed E-state index contributed by atoms with van der Waals surface area (Å²) in [6, 6.07) is 36.7. The van der Waals surface area contributed by atoms with E-state index in [-0.39, 0.29) is 5.41 Å². The first-order chi connectivity index (χ1) is 51.1. The van der Waals surface area contributed by atoms with Crippen LogP contribution in [-0.4, -0.2) is 112 Å². The Hall–Kier alpha value is -13.1. The summed E-state index contributed by atoms with van der Waals surface area (Å²) in [5.41, 5.74) is 36.7. The molecule has 0 saturated heterocycles. The van der Waals surface area contributed by atoms with Crippen molar-refractivity contribution in [2.75, 3.05) is 0 Å². The third-order valence-electron chi connectivity index (χ3n) is 23.2. The van der Waals surface area contributed by atoms with Crippen molar-refractivity contribution in [2.45, 2.75) is 67.7 Å². The van der Waals surface area contributed by atoms with Crippen LogP contribution in [0.15, 0.2) is 153 Å². The maximum Gasteiger partial charge on any atom is 0.215 e. The molecule has 0 aliphatic carbocycles. The summed E-state index contributed by atoms with van der Waals surface area (Å²) in [6.45, 7) is 19.7. The highest BCUT2D eigenvalue weighted by Crippen LogP contribution is 2.41. The van der Waals surface area contributed by atoms with Crippen molar-refractivity contribution in [3.8, 4) is 0 Å². The number of hydrogen-bond donors (Lipinski definition) is 0. The monoisotopic (exact) mass is 1400 g/mol. The second kappa shape index (κ2) is 20.8. The topological polar surface area (TPSA) is 178 Å². The second-order valence-electron chi connectivity index (χ2n) is 30.1. The van der Waals surface area contributed by atoms with Gasteiger partial charge in [0.05, 0.1) is 132 Å². The van der Waals surface area contributed by atoms with Gasteiger partial charge in [0.25, 0.3) is 0 Å². The highest BCUT2D eigenvalue weighted by atomic mass is 15.3. The van der Waals surface area contributed by atoms with E-state index in [0.29, 0.717) is 0 Å². The van der Waals surface area contributed by atoms with Crippen LogP contribution in [0.2, 0.25) is 0 Å². The van der Waals surface area contributed by atoms with Crippen LogP contribution in [0.25, 0.3) is 179 Å². The molecule has 0 atom stereocenters. The zero-order valence-corrected chi connectivity index (χ0v) is 62.2. The van der Waals surface area contributed by atoms with E-state index < -0.39 is 0 Å². The van der Waals surface area contributed by atoms with Crippen LogP contribution in [0.5, 0.6) is 0 Å². The number of nitrogens with zero attached hydrogens (tertiary/aromatic N) is 24. The van der Waals surface area contributed by atoms with Crippen molar-refractivity contribution in [1.82, 2.24) is 112 Å². The van der Waals surface area contributed by atoms with E-state index in [4.69, 9.17) is 19.9 Å². The molecule has 0 N–H and O–H groups in total. The van der Waals surface area contributed by atoms with Gasteiger partial charge in [-0.3, -0.25) is 35.2 Å². The van der Waals surface area contributed by atoms with Gasteiger partial charge in [0.1, 0.15) is 0 Å². The first-order valence-corrected chi connectivity index (χ1v) is 35.8. The van der Waals surface area contributed by atoms with E-state index in [2.05, 4.69) is 307 Å². The average Bonchev–Trinajstić information content (AvgIpc) is 1.56. The molecule has 0 bridgehead atoms. The fourth-order valence-electron chi connectivity index (χ4n) is 18.6. The van der Waals surface area contributed by atoms with E-state index in [0.717, 1.165) is 90.4 Å². The molecule has 524 valence electrons. The molecule has 0 amide bonds. The van der Waals surface area contributed by atoms with Crippen LogP contribution in [-0.2, 0) is 61.8 Å². The molecule has 0 fully saturated rings. The van der Waals surface area contributed by atoms with Crippen molar-refractivity contribution in [3.05, 3.63) is 192 Å². The molecule has 0 spiro atoms. The van der Waals surface area contributed by atoms with Crippen molar-refractivity contribution in [3.63, 3.8) is 0 Å². The number of hydrogen-bond acceptors (Lipinski definition) is 8. The largest absolute Gasteiger partial charge is 0.312 e. The third-order valence-corrected chi connectivity index (χ3v) is 23.2. The Morgan fingerprint density at radius 3 is 0.887 bits per heavy atom. The fraction of sp³-hybridized carbons (Fsp3) is 0.220. The van der Waals surface area contributed by atoms with Crippen LogP contribution in [0.3, 0.4) is 0 Å². The Balaban J connectivity index is 0.0000000909. The quantitative estimate of drug-likeness (QED) is 0.144. The van der Waals surface area contributed by atoms with Crippen molar-refractivity contribution in [1.29, 1.82) is 0 Å². The minimum atomic E-state index is 0.0405. The summed E-state index contributed by atoms with van der Waals surface area (Å²) >= 11 is 0. The van der Waals surface area contributed by atoms with E-state index in [1.807, 2.05) is 55.6 Å². The number of aromatic nitrogens is 24. The zero-order chi connectivity index (χ0) is 72.6. The van der Waals surface area contributed by atoms with Gasteiger partial charge in [-0.1, -0.05) is 69.3 Å². The Labute approximate surface area is 602 Å². The molecule has 0 aliphatic heterocycles. The molecule has 24 aromatic rings. The van der Waals surface area contributed by atoms with Gasteiger partial charge < -0.3 is 36.5 Å². The molecule has 0 radical (unpaired) electrons. The van der Waals surface area contributed by atoms with Crippen LogP contribution < -0.4 is 0 Å². The van der Waals surface area contributed by atoms with Gasteiger partial charge in [-0.25, -0.2) is 39.9 Å². The number of imidazole rings is 16. The minimum Gasteiger partial charge on any atom is -0.312 e. The maximum atomic E-state index is 5.11. The van der Waals surface area contributed by atoms with E-state index >= 15 is 0 Å². The van der Waals surface area contributed by atoms with Crippen LogP contribution >= 0.6 is 0 Å². The minimum absolute atomic E-state index is 0.0405. The number of aryl methyl sites for hydroxylation is 14. The molecule has 0 aliphatic rings. The van der Waals surface area contributed by atoms with Gasteiger partial charge in [-0.2, -0.15) is 0 Å². The molecule has 8 aromatic carbocycles. The molecule has 106 heavy (non-hydrogen) atoms. The lowest BCUT2D eigenvalue weighted by Crippen LogP contribution is -2.11. The number of benzene rings is 8. The molecular weight excluding hydrogens is 1320 g/mol. The molecule has 24 rings (SSSR count). The summed E-state index contributed by atoms with van der Waals surface area (Å²) < 4.78 is 35.3. The Morgan fingerprint density at radius 1 is 0.264 bits per heavy atom. The second-order valence-corrected chi connectivity index (χ2v) is 30.1. The Bertz CT molecular complexity index is 7760.